The second-order valence-corrected chi connectivity index (χ2v) is 4.92. The maximum atomic E-state index is 9.81. The number of hydrogen-bond acceptors (Lipinski definition) is 4. The van der Waals surface area contributed by atoms with Gasteiger partial charge in [-0.25, -0.2) is 9.66 Å². The first-order valence-electron chi connectivity index (χ1n) is 6.61. The summed E-state index contributed by atoms with van der Waals surface area (Å²) in [5, 5.41) is 10.8. The van der Waals surface area contributed by atoms with E-state index in [1.807, 2.05) is 19.1 Å². The molecule has 0 aliphatic rings. The highest BCUT2D eigenvalue weighted by Gasteiger charge is 2.09. The van der Waals surface area contributed by atoms with Crippen molar-refractivity contribution in [1.29, 1.82) is 0 Å². The summed E-state index contributed by atoms with van der Waals surface area (Å²) in [5.41, 5.74) is 4.86. The normalized spacial score (nSPS) is 12.6. The lowest BCUT2D eigenvalue weighted by Crippen LogP contribution is -2.28. The van der Waals surface area contributed by atoms with Gasteiger partial charge < -0.3 is 5.11 Å². The summed E-state index contributed by atoms with van der Waals surface area (Å²) in [6.07, 6.45) is 3.66. The van der Waals surface area contributed by atoms with Gasteiger partial charge in [-0.1, -0.05) is 32.5 Å². The zero-order chi connectivity index (χ0) is 13.8. The first-order chi connectivity index (χ1) is 9.17. The van der Waals surface area contributed by atoms with Crippen LogP contribution >= 0.6 is 12.2 Å². The largest absolute Gasteiger partial charge is 0.372 e. The molecule has 5 heteroatoms. The number of aliphatic hydroxyl groups is 1. The standard InChI is InChI=1S/C14H19N3OS/c1-3-6-11-9-10-7-5-8-15-13(10)17(14(11)19)16-12(18)4-2/h5,7-9,12,16,18H,3-4,6H2,1-2H3. The van der Waals surface area contributed by atoms with Gasteiger partial charge in [-0.15, -0.1) is 0 Å². The molecule has 2 aromatic heterocycles. The molecule has 2 N–H and O–H groups in total. The predicted octanol–water partition coefficient (Wildman–Crippen LogP) is 2.99. The van der Waals surface area contributed by atoms with Crippen LogP contribution in [0, 0.1) is 4.64 Å². The summed E-state index contributed by atoms with van der Waals surface area (Å²) in [6, 6.07) is 6.00. The fraction of sp³-hybridized carbons (Fsp3) is 0.429. The minimum absolute atomic E-state index is 0.605. The Balaban J connectivity index is 2.62. The van der Waals surface area contributed by atoms with Crippen LogP contribution in [0.4, 0.5) is 0 Å². The molecule has 2 heterocycles. The van der Waals surface area contributed by atoms with Gasteiger partial charge in [0.25, 0.3) is 0 Å². The molecule has 0 spiro atoms. The molecule has 1 atom stereocenters. The molecule has 0 aliphatic heterocycles. The molecule has 0 amide bonds. The molecular formula is C14H19N3OS. The van der Waals surface area contributed by atoms with Crippen molar-refractivity contribution in [3.8, 4) is 0 Å². The number of nitrogens with one attached hydrogen (secondary N) is 1. The van der Waals surface area contributed by atoms with Gasteiger partial charge in [-0.2, -0.15) is 0 Å². The lowest BCUT2D eigenvalue weighted by Gasteiger charge is -2.18. The number of aromatic nitrogens is 2. The van der Waals surface area contributed by atoms with Crippen molar-refractivity contribution in [2.24, 2.45) is 0 Å². The highest BCUT2D eigenvalue weighted by atomic mass is 32.1. The van der Waals surface area contributed by atoms with Gasteiger partial charge in [0.05, 0.1) is 0 Å². The van der Waals surface area contributed by atoms with Gasteiger partial charge in [0.2, 0.25) is 0 Å². The molecule has 102 valence electrons. The number of aryl methyl sites for hydroxylation is 1. The third kappa shape index (κ3) is 2.93. The van der Waals surface area contributed by atoms with E-state index in [2.05, 4.69) is 23.4 Å². The monoisotopic (exact) mass is 277 g/mol. The van der Waals surface area contributed by atoms with Crippen LogP contribution in [0.3, 0.4) is 0 Å². The molecule has 0 aromatic carbocycles. The Morgan fingerprint density at radius 1 is 1.47 bits per heavy atom. The van der Waals surface area contributed by atoms with Gasteiger partial charge in [-0.3, -0.25) is 5.43 Å². The van der Waals surface area contributed by atoms with E-state index in [1.54, 1.807) is 10.9 Å². The summed E-state index contributed by atoms with van der Waals surface area (Å²) < 4.78 is 2.42. The molecular weight excluding hydrogens is 258 g/mol. The summed E-state index contributed by atoms with van der Waals surface area (Å²) in [7, 11) is 0. The Kier molecular flexibility index (Phi) is 4.50. The van der Waals surface area contributed by atoms with Gasteiger partial charge in [0.15, 0.2) is 5.65 Å². The number of hydrogen-bond donors (Lipinski definition) is 2. The number of rotatable bonds is 5. The van der Waals surface area contributed by atoms with E-state index in [0.29, 0.717) is 11.1 Å². The molecule has 4 nitrogen and oxygen atoms in total. The maximum absolute atomic E-state index is 9.81. The molecule has 2 aromatic rings. The molecule has 0 saturated carbocycles. The van der Waals surface area contributed by atoms with Crippen LogP contribution in [0.25, 0.3) is 11.0 Å². The average Bonchev–Trinajstić information content (AvgIpc) is 2.43. The van der Waals surface area contributed by atoms with Crippen LogP contribution in [-0.4, -0.2) is 21.0 Å². The van der Waals surface area contributed by atoms with E-state index in [-0.39, 0.29) is 0 Å². The molecule has 0 radical (unpaired) electrons. The number of aliphatic hydroxyl groups excluding tert-OH is 1. The Morgan fingerprint density at radius 3 is 2.95 bits per heavy atom. The van der Waals surface area contributed by atoms with Crippen molar-refractivity contribution in [2.75, 3.05) is 5.43 Å². The lowest BCUT2D eigenvalue weighted by atomic mass is 10.1. The van der Waals surface area contributed by atoms with Crippen LogP contribution in [-0.2, 0) is 6.42 Å². The van der Waals surface area contributed by atoms with Crippen molar-refractivity contribution in [3.05, 3.63) is 34.6 Å². The second-order valence-electron chi connectivity index (χ2n) is 4.53. The molecule has 0 bridgehead atoms. The van der Waals surface area contributed by atoms with Gasteiger partial charge >= 0.3 is 0 Å². The summed E-state index contributed by atoms with van der Waals surface area (Å²) in [5.74, 6) is 0. The van der Waals surface area contributed by atoms with Crippen molar-refractivity contribution in [2.45, 2.75) is 39.3 Å². The molecule has 1 unspecified atom stereocenters. The van der Waals surface area contributed by atoms with Crippen molar-refractivity contribution < 1.29 is 5.11 Å². The number of pyridine rings is 2. The predicted molar refractivity (Wildman–Crippen MR) is 80.2 cm³/mol. The molecule has 2 rings (SSSR count). The Bertz CT molecular complexity index is 624. The third-order valence-corrected chi connectivity index (χ3v) is 3.47. The summed E-state index contributed by atoms with van der Waals surface area (Å²) in [4.78, 5) is 4.35. The maximum Gasteiger partial charge on any atom is 0.159 e. The Labute approximate surface area is 118 Å². The lowest BCUT2D eigenvalue weighted by molar-refractivity contribution is 0.184. The van der Waals surface area contributed by atoms with Gasteiger partial charge in [-0.05, 0) is 36.6 Å². The third-order valence-electron chi connectivity index (χ3n) is 3.02. The van der Waals surface area contributed by atoms with Crippen LogP contribution in [0.1, 0.15) is 32.3 Å². The summed E-state index contributed by atoms with van der Waals surface area (Å²) in [6.45, 7) is 4.04. The smallest absolute Gasteiger partial charge is 0.159 e. The van der Waals surface area contributed by atoms with Crippen LogP contribution in [0.2, 0.25) is 0 Å². The van der Waals surface area contributed by atoms with Crippen LogP contribution in [0.5, 0.6) is 0 Å². The molecule has 19 heavy (non-hydrogen) atoms. The van der Waals surface area contributed by atoms with Gasteiger partial charge in [0.1, 0.15) is 10.9 Å². The average molecular weight is 277 g/mol. The minimum atomic E-state index is -0.631. The second kappa shape index (κ2) is 6.12. The van der Waals surface area contributed by atoms with Crippen LogP contribution < -0.4 is 5.43 Å². The number of nitrogens with zero attached hydrogens (tertiary/aromatic N) is 2. The SMILES string of the molecule is CCCc1cc2cccnc2n(NC(O)CC)c1=S. The van der Waals surface area contributed by atoms with E-state index in [9.17, 15) is 5.11 Å². The fourth-order valence-electron chi connectivity index (χ4n) is 2.01. The molecule has 0 fully saturated rings. The highest BCUT2D eigenvalue weighted by molar-refractivity contribution is 7.71. The molecule has 0 saturated heterocycles. The minimum Gasteiger partial charge on any atom is -0.372 e. The number of fused-ring (bicyclic) bond motifs is 1. The van der Waals surface area contributed by atoms with E-state index in [4.69, 9.17) is 12.2 Å². The van der Waals surface area contributed by atoms with Crippen molar-refractivity contribution in [1.82, 2.24) is 9.66 Å². The Hall–Kier alpha value is -1.46. The van der Waals surface area contributed by atoms with Crippen LogP contribution in [0.15, 0.2) is 24.4 Å². The fourth-order valence-corrected chi connectivity index (χ4v) is 2.31. The van der Waals surface area contributed by atoms with Crippen molar-refractivity contribution in [3.63, 3.8) is 0 Å². The zero-order valence-corrected chi connectivity index (χ0v) is 12.1. The van der Waals surface area contributed by atoms with E-state index < -0.39 is 6.23 Å². The summed E-state index contributed by atoms with van der Waals surface area (Å²) >= 11 is 5.50. The Morgan fingerprint density at radius 2 is 2.26 bits per heavy atom. The van der Waals surface area contributed by atoms with Crippen molar-refractivity contribution >= 4 is 23.3 Å². The first-order valence-corrected chi connectivity index (χ1v) is 7.02. The topological polar surface area (TPSA) is 50.1 Å². The zero-order valence-electron chi connectivity index (χ0n) is 11.3. The van der Waals surface area contributed by atoms with E-state index in [1.165, 1.54) is 0 Å². The highest BCUT2D eigenvalue weighted by Crippen LogP contribution is 2.17. The van der Waals surface area contributed by atoms with Gasteiger partial charge in [0, 0.05) is 11.6 Å². The first kappa shape index (κ1) is 14.0. The quantitative estimate of drug-likeness (QED) is 0.651. The van der Waals surface area contributed by atoms with E-state index in [0.717, 1.165) is 29.4 Å². The van der Waals surface area contributed by atoms with E-state index >= 15 is 0 Å². The molecule has 0 aliphatic carbocycles.